The van der Waals surface area contributed by atoms with E-state index in [9.17, 15) is 4.79 Å². The van der Waals surface area contributed by atoms with Crippen LogP contribution >= 0.6 is 39.0 Å². The van der Waals surface area contributed by atoms with Gasteiger partial charge in [-0.3, -0.25) is 9.69 Å². The van der Waals surface area contributed by atoms with Crippen molar-refractivity contribution < 1.29 is 4.79 Å². The molecule has 7 heteroatoms. The Morgan fingerprint density at radius 2 is 1.88 bits per heavy atom. The Labute approximate surface area is 204 Å². The van der Waals surface area contributed by atoms with Crippen molar-refractivity contribution in [1.82, 2.24) is 9.88 Å². The quantitative estimate of drug-likeness (QED) is 0.332. The first kappa shape index (κ1) is 21.6. The monoisotopic (exact) mass is 523 g/mol. The van der Waals surface area contributed by atoms with Crippen molar-refractivity contribution >= 4 is 61.3 Å². The van der Waals surface area contributed by atoms with Crippen molar-refractivity contribution in [3.05, 3.63) is 74.9 Å². The molecule has 1 saturated heterocycles. The summed E-state index contributed by atoms with van der Waals surface area (Å²) in [5.41, 5.74) is 2.99. The van der Waals surface area contributed by atoms with Crippen molar-refractivity contribution in [2.45, 2.75) is 38.1 Å². The lowest BCUT2D eigenvalue weighted by atomic mass is 9.94. The Balaban J connectivity index is 1.48. The molecule has 0 spiro atoms. The summed E-state index contributed by atoms with van der Waals surface area (Å²) in [6.07, 6.45) is 7.59. The smallest absolute Gasteiger partial charge is 0.267 e. The minimum absolute atomic E-state index is 0.0560. The van der Waals surface area contributed by atoms with E-state index in [0.717, 1.165) is 52.1 Å². The number of hydrogen-bond acceptors (Lipinski definition) is 5. The maximum Gasteiger partial charge on any atom is 0.267 e. The molecular formula is C25H22BrN3OS2. The predicted molar refractivity (Wildman–Crippen MR) is 138 cm³/mol. The molecule has 32 heavy (non-hydrogen) atoms. The van der Waals surface area contributed by atoms with Crippen LogP contribution in [0.3, 0.4) is 0 Å². The Bertz CT molecular complexity index is 1180. The maximum atomic E-state index is 13.4. The molecule has 0 radical (unpaired) electrons. The normalized spacial score (nSPS) is 19.9. The van der Waals surface area contributed by atoms with E-state index in [1.54, 1.807) is 0 Å². The van der Waals surface area contributed by atoms with E-state index in [2.05, 4.69) is 15.9 Å². The average Bonchev–Trinajstić information content (AvgIpc) is 3.40. The number of thioether (sulfide) groups is 1. The second-order valence-electron chi connectivity index (χ2n) is 7.91. The predicted octanol–water partition coefficient (Wildman–Crippen LogP) is 7.51. The zero-order valence-electron chi connectivity index (χ0n) is 17.4. The third-order valence-corrected chi connectivity index (χ3v) is 7.89. The van der Waals surface area contributed by atoms with E-state index >= 15 is 0 Å². The van der Waals surface area contributed by atoms with Gasteiger partial charge >= 0.3 is 0 Å². The lowest BCUT2D eigenvalue weighted by Crippen LogP contribution is -2.40. The van der Waals surface area contributed by atoms with Crippen LogP contribution < -0.4 is 0 Å². The van der Waals surface area contributed by atoms with Crippen LogP contribution in [0.5, 0.6) is 0 Å². The number of amidine groups is 1. The summed E-state index contributed by atoms with van der Waals surface area (Å²) < 4.78 is 0.997. The zero-order chi connectivity index (χ0) is 21.9. The summed E-state index contributed by atoms with van der Waals surface area (Å²) in [5, 5.41) is 3.46. The number of amides is 1. The molecular weight excluding hydrogens is 502 g/mol. The summed E-state index contributed by atoms with van der Waals surface area (Å²) in [5.74, 6) is 0.0560. The SMILES string of the molecule is O=C1/C(=C/c2cccc(Br)c2)S/C(=N/c2nc(-c3ccccc3)cs2)N1C1CCCCC1. The minimum atomic E-state index is 0.0560. The molecule has 1 aliphatic carbocycles. The molecule has 5 rings (SSSR count). The number of nitrogens with zero attached hydrogens (tertiary/aromatic N) is 3. The number of aliphatic imine (C=N–C) groups is 1. The molecule has 1 saturated carbocycles. The first-order valence-electron chi connectivity index (χ1n) is 10.8. The fourth-order valence-corrected chi connectivity index (χ4v) is 6.32. The molecule has 2 aromatic carbocycles. The van der Waals surface area contributed by atoms with Gasteiger partial charge in [0.1, 0.15) is 0 Å². The second kappa shape index (κ2) is 9.73. The van der Waals surface area contributed by atoms with E-state index in [1.807, 2.05) is 71.0 Å². The van der Waals surface area contributed by atoms with Crippen LogP contribution in [0.1, 0.15) is 37.7 Å². The molecule has 1 aliphatic heterocycles. The van der Waals surface area contributed by atoms with Crippen molar-refractivity contribution in [2.24, 2.45) is 4.99 Å². The van der Waals surface area contributed by atoms with Crippen LogP contribution in [0, 0.1) is 0 Å². The highest BCUT2D eigenvalue weighted by atomic mass is 79.9. The molecule has 0 unspecified atom stereocenters. The van der Waals surface area contributed by atoms with E-state index < -0.39 is 0 Å². The first-order valence-corrected chi connectivity index (χ1v) is 13.2. The van der Waals surface area contributed by atoms with Gasteiger partial charge in [-0.15, -0.1) is 11.3 Å². The minimum Gasteiger partial charge on any atom is -0.283 e. The fraction of sp³-hybridized carbons (Fsp3) is 0.240. The molecule has 2 heterocycles. The molecule has 0 bridgehead atoms. The van der Waals surface area contributed by atoms with Gasteiger partial charge in [-0.2, -0.15) is 4.99 Å². The highest BCUT2D eigenvalue weighted by Gasteiger charge is 2.38. The van der Waals surface area contributed by atoms with Crippen molar-refractivity contribution in [3.63, 3.8) is 0 Å². The highest BCUT2D eigenvalue weighted by Crippen LogP contribution is 2.39. The second-order valence-corrected chi connectivity index (χ2v) is 10.7. The fourth-order valence-electron chi connectivity index (χ4n) is 4.11. The van der Waals surface area contributed by atoms with Crippen molar-refractivity contribution in [2.75, 3.05) is 0 Å². The standard InChI is InChI=1S/C25H22BrN3OS2/c26-19-11-7-8-17(14-19)15-22-23(30)29(20-12-5-2-6-13-20)25(32-22)28-24-27-21(16-31-24)18-9-3-1-4-10-18/h1,3-4,7-11,14-16,20H,2,5-6,12-13H2/b22-15-,28-25+. The zero-order valence-corrected chi connectivity index (χ0v) is 20.6. The van der Waals surface area contributed by atoms with Gasteiger partial charge in [-0.25, -0.2) is 4.98 Å². The van der Waals surface area contributed by atoms with E-state index in [1.165, 1.54) is 29.5 Å². The van der Waals surface area contributed by atoms with Gasteiger partial charge in [0.25, 0.3) is 5.91 Å². The van der Waals surface area contributed by atoms with Gasteiger partial charge in [0, 0.05) is 21.5 Å². The van der Waals surface area contributed by atoms with Crippen molar-refractivity contribution in [1.29, 1.82) is 0 Å². The van der Waals surface area contributed by atoms with E-state index in [0.29, 0.717) is 10.0 Å². The van der Waals surface area contributed by atoms with Crippen LogP contribution in [0.2, 0.25) is 0 Å². The molecule has 4 nitrogen and oxygen atoms in total. The maximum absolute atomic E-state index is 13.4. The van der Waals surface area contributed by atoms with Gasteiger partial charge in [0.15, 0.2) is 5.17 Å². The number of aromatic nitrogens is 1. The average molecular weight is 525 g/mol. The van der Waals surface area contributed by atoms with Crippen LogP contribution in [-0.4, -0.2) is 27.0 Å². The summed E-state index contributed by atoms with van der Waals surface area (Å²) >= 11 is 6.49. The van der Waals surface area contributed by atoms with E-state index in [4.69, 9.17) is 9.98 Å². The third kappa shape index (κ3) is 4.75. The Kier molecular flexibility index (Phi) is 6.57. The number of carbonyl (C=O) groups excluding carboxylic acids is 1. The molecule has 1 amide bonds. The van der Waals surface area contributed by atoms with Crippen molar-refractivity contribution in [3.8, 4) is 11.3 Å². The lowest BCUT2D eigenvalue weighted by Gasteiger charge is -2.30. The molecule has 0 atom stereocenters. The van der Waals surface area contributed by atoms with E-state index in [-0.39, 0.29) is 11.9 Å². The molecule has 2 aliphatic rings. The molecule has 162 valence electrons. The number of rotatable bonds is 4. The number of benzene rings is 2. The summed E-state index contributed by atoms with van der Waals surface area (Å²) in [6, 6.07) is 18.3. The molecule has 3 aromatic rings. The van der Waals surface area contributed by atoms with Gasteiger partial charge in [0.05, 0.1) is 10.6 Å². The Hall–Kier alpha value is -2.22. The summed E-state index contributed by atoms with van der Waals surface area (Å²) in [4.78, 5) is 25.7. The van der Waals surface area contributed by atoms with Crippen LogP contribution in [0.15, 0.2) is 74.3 Å². The van der Waals surface area contributed by atoms with Gasteiger partial charge in [0.2, 0.25) is 5.13 Å². The van der Waals surface area contributed by atoms with Gasteiger partial charge in [-0.1, -0.05) is 77.7 Å². The lowest BCUT2D eigenvalue weighted by molar-refractivity contribution is -0.124. The summed E-state index contributed by atoms with van der Waals surface area (Å²) in [7, 11) is 0. The number of thiazole rings is 1. The number of hydrogen-bond donors (Lipinski definition) is 0. The molecule has 1 aromatic heterocycles. The Morgan fingerprint density at radius 3 is 2.66 bits per heavy atom. The molecule has 2 fully saturated rings. The topological polar surface area (TPSA) is 45.6 Å². The van der Waals surface area contributed by atoms with Crippen LogP contribution in [0.4, 0.5) is 5.13 Å². The molecule has 0 N–H and O–H groups in total. The highest BCUT2D eigenvalue weighted by molar-refractivity contribution is 9.10. The van der Waals surface area contributed by atoms with Gasteiger partial charge < -0.3 is 0 Å². The summed E-state index contributed by atoms with van der Waals surface area (Å²) in [6.45, 7) is 0. The largest absolute Gasteiger partial charge is 0.283 e. The van der Waals surface area contributed by atoms with Crippen LogP contribution in [0.25, 0.3) is 17.3 Å². The van der Waals surface area contributed by atoms with Gasteiger partial charge in [-0.05, 0) is 48.4 Å². The Morgan fingerprint density at radius 1 is 1.06 bits per heavy atom. The first-order chi connectivity index (χ1) is 15.7. The number of halogens is 1. The van der Waals surface area contributed by atoms with Crippen LogP contribution in [-0.2, 0) is 4.79 Å². The number of carbonyl (C=O) groups is 1. The third-order valence-electron chi connectivity index (χ3n) is 5.68.